The van der Waals surface area contributed by atoms with Crippen LogP contribution in [-0.2, 0) is 0 Å². The lowest BCUT2D eigenvalue weighted by molar-refractivity contribution is 0.102. The fraction of sp³-hybridized carbons (Fsp3) is 0.118. The first-order valence-corrected chi connectivity index (χ1v) is 6.36. The number of amides is 1. The van der Waals surface area contributed by atoms with Crippen molar-refractivity contribution < 1.29 is 4.79 Å². The number of nitrogens with two attached hydrogens (primary N) is 1. The topological polar surface area (TPSA) is 55.1 Å². The number of benzene rings is 2. The summed E-state index contributed by atoms with van der Waals surface area (Å²) in [6.45, 7) is 2.32. The normalized spacial score (nSPS) is 9.50. The third-order valence-corrected chi connectivity index (χ3v) is 2.76. The summed E-state index contributed by atoms with van der Waals surface area (Å²) in [6.07, 6.45) is 0. The molecule has 1 amide bonds. The zero-order valence-corrected chi connectivity index (χ0v) is 11.3. The molecule has 3 heteroatoms. The minimum atomic E-state index is -0.131. The van der Waals surface area contributed by atoms with E-state index in [0.717, 1.165) is 16.8 Å². The first-order chi connectivity index (χ1) is 9.69. The lowest BCUT2D eigenvalue weighted by Crippen LogP contribution is -2.11. The van der Waals surface area contributed by atoms with Crippen LogP contribution in [0.2, 0.25) is 0 Å². The highest BCUT2D eigenvalue weighted by Crippen LogP contribution is 2.12. The van der Waals surface area contributed by atoms with Crippen molar-refractivity contribution in [2.45, 2.75) is 6.92 Å². The van der Waals surface area contributed by atoms with Crippen LogP contribution in [0.5, 0.6) is 0 Å². The van der Waals surface area contributed by atoms with E-state index >= 15 is 0 Å². The molecule has 2 rings (SSSR count). The molecule has 0 spiro atoms. The Kier molecular flexibility index (Phi) is 4.54. The van der Waals surface area contributed by atoms with Gasteiger partial charge >= 0.3 is 0 Å². The summed E-state index contributed by atoms with van der Waals surface area (Å²) in [5.74, 6) is 5.57. The average Bonchev–Trinajstić information content (AvgIpc) is 2.45. The molecule has 0 bridgehead atoms. The number of rotatable bonds is 2. The molecule has 0 aliphatic heterocycles. The number of nitrogens with one attached hydrogen (secondary N) is 1. The first kappa shape index (κ1) is 13.9. The van der Waals surface area contributed by atoms with E-state index in [4.69, 9.17) is 5.73 Å². The maximum Gasteiger partial charge on any atom is 0.255 e. The van der Waals surface area contributed by atoms with Gasteiger partial charge in [0.1, 0.15) is 0 Å². The highest BCUT2D eigenvalue weighted by atomic mass is 16.1. The largest absolute Gasteiger partial charge is 0.322 e. The number of hydrogen-bond donors (Lipinski definition) is 2. The van der Waals surface area contributed by atoms with Crippen LogP contribution in [0.3, 0.4) is 0 Å². The molecule has 0 saturated carbocycles. The molecule has 2 aromatic carbocycles. The summed E-state index contributed by atoms with van der Waals surface area (Å²) >= 11 is 0. The van der Waals surface area contributed by atoms with E-state index in [1.165, 1.54) is 0 Å². The summed E-state index contributed by atoms with van der Waals surface area (Å²) < 4.78 is 0. The molecule has 0 atom stereocenters. The fourth-order valence-corrected chi connectivity index (χ4v) is 1.78. The van der Waals surface area contributed by atoms with Gasteiger partial charge in [-0.05, 0) is 48.9 Å². The van der Waals surface area contributed by atoms with Gasteiger partial charge in [0, 0.05) is 16.8 Å². The van der Waals surface area contributed by atoms with Crippen molar-refractivity contribution in [3.05, 3.63) is 65.2 Å². The molecule has 2 aromatic rings. The monoisotopic (exact) mass is 264 g/mol. The van der Waals surface area contributed by atoms with Gasteiger partial charge in [0.05, 0.1) is 6.54 Å². The van der Waals surface area contributed by atoms with Crippen LogP contribution in [0.4, 0.5) is 5.69 Å². The van der Waals surface area contributed by atoms with E-state index in [0.29, 0.717) is 12.1 Å². The van der Waals surface area contributed by atoms with Gasteiger partial charge in [-0.1, -0.05) is 24.0 Å². The average molecular weight is 264 g/mol. The number of carbonyl (C=O) groups excluding carboxylic acids is 1. The molecule has 20 heavy (non-hydrogen) atoms. The highest BCUT2D eigenvalue weighted by Gasteiger charge is 2.05. The molecule has 0 saturated heterocycles. The van der Waals surface area contributed by atoms with E-state index in [-0.39, 0.29) is 5.91 Å². The van der Waals surface area contributed by atoms with Gasteiger partial charge in [0.2, 0.25) is 0 Å². The fourth-order valence-electron chi connectivity index (χ4n) is 1.78. The zero-order chi connectivity index (χ0) is 14.4. The summed E-state index contributed by atoms with van der Waals surface area (Å²) in [5, 5.41) is 2.87. The zero-order valence-electron chi connectivity index (χ0n) is 11.3. The Bertz CT molecular complexity index is 663. The van der Waals surface area contributed by atoms with Crippen molar-refractivity contribution in [2.75, 3.05) is 11.9 Å². The number of aryl methyl sites for hydroxylation is 1. The van der Waals surface area contributed by atoms with Gasteiger partial charge in [-0.2, -0.15) is 0 Å². The van der Waals surface area contributed by atoms with Crippen LogP contribution in [0.15, 0.2) is 48.5 Å². The summed E-state index contributed by atoms with van der Waals surface area (Å²) in [6, 6.07) is 14.8. The van der Waals surface area contributed by atoms with Crippen molar-refractivity contribution in [3.63, 3.8) is 0 Å². The molecule has 0 aliphatic carbocycles. The third kappa shape index (κ3) is 3.71. The SMILES string of the molecule is Cc1cccc(NC(=O)c2ccc(C#CCN)cc2)c1. The summed E-state index contributed by atoms with van der Waals surface area (Å²) in [5.41, 5.74) is 8.67. The van der Waals surface area contributed by atoms with Crippen LogP contribution in [0, 0.1) is 18.8 Å². The lowest BCUT2D eigenvalue weighted by Gasteiger charge is -2.06. The molecule has 0 aliphatic rings. The Morgan fingerprint density at radius 1 is 1.20 bits per heavy atom. The molecule has 3 nitrogen and oxygen atoms in total. The molecular weight excluding hydrogens is 248 g/mol. The number of anilines is 1. The second kappa shape index (κ2) is 6.55. The van der Waals surface area contributed by atoms with Gasteiger partial charge in [-0.25, -0.2) is 0 Å². The Hall–Kier alpha value is -2.57. The molecule has 0 unspecified atom stereocenters. The second-order valence-electron chi connectivity index (χ2n) is 4.41. The molecule has 0 radical (unpaired) electrons. The Balaban J connectivity index is 2.09. The van der Waals surface area contributed by atoms with Crippen molar-refractivity contribution >= 4 is 11.6 Å². The van der Waals surface area contributed by atoms with Gasteiger partial charge in [-0.15, -0.1) is 0 Å². The summed E-state index contributed by atoms with van der Waals surface area (Å²) in [4.78, 5) is 12.1. The van der Waals surface area contributed by atoms with Crippen LogP contribution < -0.4 is 11.1 Å². The summed E-state index contributed by atoms with van der Waals surface area (Å²) in [7, 11) is 0. The first-order valence-electron chi connectivity index (χ1n) is 6.36. The van der Waals surface area contributed by atoms with E-state index < -0.39 is 0 Å². The minimum absolute atomic E-state index is 0.131. The van der Waals surface area contributed by atoms with Gasteiger partial charge in [-0.3, -0.25) is 4.79 Å². The Labute approximate surface area is 118 Å². The maximum atomic E-state index is 12.1. The molecule has 0 aromatic heterocycles. The smallest absolute Gasteiger partial charge is 0.255 e. The van der Waals surface area contributed by atoms with E-state index in [2.05, 4.69) is 17.2 Å². The standard InChI is InChI=1S/C17H16N2O/c1-13-4-2-6-16(12-13)19-17(20)15-9-7-14(8-10-15)5-3-11-18/h2,4,6-10,12H,11,18H2,1H3,(H,19,20). The van der Waals surface area contributed by atoms with Crippen LogP contribution in [-0.4, -0.2) is 12.5 Å². The predicted octanol–water partition coefficient (Wildman–Crippen LogP) is 2.56. The van der Waals surface area contributed by atoms with E-state index in [1.807, 2.05) is 43.3 Å². The third-order valence-electron chi connectivity index (χ3n) is 2.76. The molecule has 3 N–H and O–H groups in total. The number of carbonyl (C=O) groups is 1. The Morgan fingerprint density at radius 2 is 1.95 bits per heavy atom. The van der Waals surface area contributed by atoms with Crippen molar-refractivity contribution in [2.24, 2.45) is 5.73 Å². The molecule has 0 heterocycles. The second-order valence-corrected chi connectivity index (χ2v) is 4.41. The maximum absolute atomic E-state index is 12.1. The van der Waals surface area contributed by atoms with Crippen LogP contribution >= 0.6 is 0 Å². The predicted molar refractivity (Wildman–Crippen MR) is 81.5 cm³/mol. The van der Waals surface area contributed by atoms with Crippen LogP contribution in [0.25, 0.3) is 0 Å². The van der Waals surface area contributed by atoms with Gasteiger partial charge < -0.3 is 11.1 Å². The van der Waals surface area contributed by atoms with Crippen molar-refractivity contribution in [1.82, 2.24) is 0 Å². The van der Waals surface area contributed by atoms with Gasteiger partial charge in [0.25, 0.3) is 5.91 Å². The molecule has 100 valence electrons. The van der Waals surface area contributed by atoms with E-state index in [1.54, 1.807) is 12.1 Å². The van der Waals surface area contributed by atoms with E-state index in [9.17, 15) is 4.79 Å². The Morgan fingerprint density at radius 3 is 2.60 bits per heavy atom. The van der Waals surface area contributed by atoms with Gasteiger partial charge in [0.15, 0.2) is 0 Å². The van der Waals surface area contributed by atoms with Crippen molar-refractivity contribution in [3.8, 4) is 11.8 Å². The quantitative estimate of drug-likeness (QED) is 0.819. The molecular formula is C17H16N2O. The van der Waals surface area contributed by atoms with Crippen LogP contribution in [0.1, 0.15) is 21.5 Å². The lowest BCUT2D eigenvalue weighted by atomic mass is 10.1. The molecule has 0 fully saturated rings. The minimum Gasteiger partial charge on any atom is -0.322 e. The highest BCUT2D eigenvalue weighted by molar-refractivity contribution is 6.04. The number of hydrogen-bond acceptors (Lipinski definition) is 2. The van der Waals surface area contributed by atoms with Crippen molar-refractivity contribution in [1.29, 1.82) is 0 Å².